The van der Waals surface area contributed by atoms with Crippen molar-refractivity contribution in [2.45, 2.75) is 12.8 Å². The second kappa shape index (κ2) is 6.34. The number of nitrogens with two attached hydrogens (primary N) is 1. The van der Waals surface area contributed by atoms with Crippen molar-refractivity contribution >= 4 is 22.9 Å². The summed E-state index contributed by atoms with van der Waals surface area (Å²) in [6, 6.07) is 1.70. The number of anilines is 1. The number of piperidine rings is 1. The third-order valence-electron chi connectivity index (χ3n) is 4.34. The summed E-state index contributed by atoms with van der Waals surface area (Å²) in [7, 11) is 0. The third-order valence-corrected chi connectivity index (χ3v) is 4.34. The van der Waals surface area contributed by atoms with Gasteiger partial charge in [-0.3, -0.25) is 0 Å². The van der Waals surface area contributed by atoms with E-state index in [9.17, 15) is 0 Å². The molecule has 2 aliphatic rings. The van der Waals surface area contributed by atoms with Crippen molar-refractivity contribution in [1.29, 1.82) is 0 Å². The maximum Gasteiger partial charge on any atom is 0.207 e. The number of likely N-dealkylation sites (tertiary alicyclic amines) is 1. The highest BCUT2D eigenvalue weighted by molar-refractivity contribution is 5.81. The minimum atomic E-state index is 0.385. The molecule has 4 heterocycles. The summed E-state index contributed by atoms with van der Waals surface area (Å²) in [6.07, 6.45) is 6.09. The van der Waals surface area contributed by atoms with E-state index in [1.54, 1.807) is 6.07 Å². The zero-order chi connectivity index (χ0) is 16.4. The van der Waals surface area contributed by atoms with Gasteiger partial charge in [0.2, 0.25) is 5.65 Å². The maximum atomic E-state index is 5.96. The lowest BCUT2D eigenvalue weighted by molar-refractivity contribution is 0.180. The average Bonchev–Trinajstić information content (AvgIpc) is 3.09. The number of hydrogen-bond donors (Lipinski definition) is 3. The van der Waals surface area contributed by atoms with Crippen molar-refractivity contribution in [3.63, 3.8) is 0 Å². The fourth-order valence-corrected chi connectivity index (χ4v) is 3.02. The molecule has 24 heavy (non-hydrogen) atoms. The molecule has 0 aliphatic carbocycles. The van der Waals surface area contributed by atoms with Gasteiger partial charge in [0.15, 0.2) is 17.2 Å². The molecule has 0 spiro atoms. The molecule has 0 amide bonds. The van der Waals surface area contributed by atoms with Gasteiger partial charge in [-0.2, -0.15) is 10.3 Å². The molecule has 1 saturated heterocycles. The molecule has 4 rings (SSSR count). The molecule has 0 unspecified atom stereocenters. The number of fused-ring (bicyclic) bond motifs is 1. The Balaban J connectivity index is 1.34. The van der Waals surface area contributed by atoms with Gasteiger partial charge in [0.1, 0.15) is 5.82 Å². The van der Waals surface area contributed by atoms with Crippen LogP contribution in [-0.2, 0) is 0 Å². The van der Waals surface area contributed by atoms with Crippen molar-refractivity contribution in [3.05, 3.63) is 18.3 Å². The van der Waals surface area contributed by atoms with E-state index in [0.29, 0.717) is 35.3 Å². The Hall–Kier alpha value is -2.84. The first-order chi connectivity index (χ1) is 11.8. The monoisotopic (exact) mass is 328 g/mol. The van der Waals surface area contributed by atoms with Crippen molar-refractivity contribution in [2.75, 3.05) is 32.0 Å². The van der Waals surface area contributed by atoms with Crippen LogP contribution in [0.15, 0.2) is 23.3 Å². The number of nitrogens with one attached hydrogen (secondary N) is 2. The quantitative estimate of drug-likeness (QED) is 0.751. The van der Waals surface area contributed by atoms with Crippen molar-refractivity contribution in [1.82, 2.24) is 30.6 Å². The van der Waals surface area contributed by atoms with Crippen LogP contribution >= 0.6 is 0 Å². The van der Waals surface area contributed by atoms with Gasteiger partial charge in [0, 0.05) is 25.4 Å². The topological polar surface area (TPSA) is 117 Å². The predicted octanol–water partition coefficient (Wildman–Crippen LogP) is 0.499. The van der Waals surface area contributed by atoms with Crippen LogP contribution in [0, 0.1) is 5.92 Å². The molecule has 0 saturated carbocycles. The van der Waals surface area contributed by atoms with Gasteiger partial charge in [-0.15, -0.1) is 5.10 Å². The third kappa shape index (κ3) is 2.97. The van der Waals surface area contributed by atoms with Crippen molar-refractivity contribution < 1.29 is 4.74 Å². The lowest BCUT2D eigenvalue weighted by atomic mass is 9.98. The first-order valence-corrected chi connectivity index (χ1v) is 8.10. The van der Waals surface area contributed by atoms with Crippen LogP contribution in [0.2, 0.25) is 0 Å². The Morgan fingerprint density at radius 1 is 1.29 bits per heavy atom. The highest BCUT2D eigenvalue weighted by atomic mass is 16.5. The van der Waals surface area contributed by atoms with Crippen LogP contribution in [0.5, 0.6) is 5.75 Å². The second-order valence-electron chi connectivity index (χ2n) is 5.99. The number of pyridine rings is 1. The van der Waals surface area contributed by atoms with Crippen LogP contribution in [-0.4, -0.2) is 57.5 Å². The van der Waals surface area contributed by atoms with Crippen molar-refractivity contribution in [3.8, 4) is 5.75 Å². The van der Waals surface area contributed by atoms with Gasteiger partial charge in [0.05, 0.1) is 13.2 Å². The molecule has 2 aromatic heterocycles. The average molecular weight is 328 g/mol. The molecule has 0 radical (unpaired) electrons. The molecule has 0 aromatic carbocycles. The number of aromatic nitrogens is 4. The Bertz CT molecular complexity index is 775. The molecular formula is C15H20N8O. The van der Waals surface area contributed by atoms with E-state index in [1.807, 2.05) is 12.3 Å². The highest BCUT2D eigenvalue weighted by Gasteiger charge is 2.22. The van der Waals surface area contributed by atoms with Crippen LogP contribution in [0.3, 0.4) is 0 Å². The molecule has 9 heteroatoms. The second-order valence-corrected chi connectivity index (χ2v) is 5.99. The molecule has 2 aromatic rings. The number of hydrogen-bond acceptors (Lipinski definition) is 8. The van der Waals surface area contributed by atoms with Gasteiger partial charge in [-0.05, 0) is 24.8 Å². The molecule has 9 nitrogen and oxygen atoms in total. The smallest absolute Gasteiger partial charge is 0.207 e. The van der Waals surface area contributed by atoms with Gasteiger partial charge >= 0.3 is 0 Å². The summed E-state index contributed by atoms with van der Waals surface area (Å²) in [5.41, 5.74) is 6.89. The number of rotatable bonds is 3. The lowest BCUT2D eigenvalue weighted by Crippen LogP contribution is -2.45. The summed E-state index contributed by atoms with van der Waals surface area (Å²) in [4.78, 5) is 10.9. The first kappa shape index (κ1) is 14.7. The van der Waals surface area contributed by atoms with Crippen LogP contribution < -0.4 is 15.8 Å². The van der Waals surface area contributed by atoms with Crippen LogP contribution in [0.1, 0.15) is 12.8 Å². The van der Waals surface area contributed by atoms with Gasteiger partial charge < -0.3 is 20.7 Å². The number of H-pyrrole nitrogens is 1. The number of guanidine groups is 1. The summed E-state index contributed by atoms with van der Waals surface area (Å²) in [5.74, 6) is 2.49. The highest BCUT2D eigenvalue weighted by Crippen LogP contribution is 2.25. The van der Waals surface area contributed by atoms with E-state index < -0.39 is 0 Å². The molecule has 1 fully saturated rings. The van der Waals surface area contributed by atoms with Gasteiger partial charge in [-0.25, -0.2) is 9.98 Å². The largest absolute Gasteiger partial charge is 0.491 e. The number of ether oxygens (including phenoxy) is 1. The standard InChI is InChI=1S/C15H20N8O/c16-12-8-11(13-14(19-12)21-22-20-13)24-9-10-2-6-23(7-3-10)15-17-4-1-5-18-15/h1,4,8,10H,2-3,5-7,9H2,(H,17,18)(H3,16,19,20,21,22). The van der Waals surface area contributed by atoms with E-state index in [2.05, 4.69) is 35.6 Å². The van der Waals surface area contributed by atoms with E-state index in [1.165, 1.54) is 0 Å². The summed E-state index contributed by atoms with van der Waals surface area (Å²) in [6.45, 7) is 3.35. The molecule has 2 aliphatic heterocycles. The summed E-state index contributed by atoms with van der Waals surface area (Å²) >= 11 is 0. The van der Waals surface area contributed by atoms with Gasteiger partial charge in [-0.1, -0.05) is 0 Å². The first-order valence-electron chi connectivity index (χ1n) is 8.10. The zero-order valence-electron chi connectivity index (χ0n) is 13.3. The number of aromatic amines is 1. The molecule has 0 bridgehead atoms. The SMILES string of the molecule is Nc1cc(OCC2CCN(C3=NCC=CN3)CC2)c2n[nH]nc2n1. The number of aliphatic imine (C=N–C) groups is 1. The zero-order valence-corrected chi connectivity index (χ0v) is 13.3. The Morgan fingerprint density at radius 2 is 2.17 bits per heavy atom. The molecule has 126 valence electrons. The molecular weight excluding hydrogens is 308 g/mol. The number of nitrogen functional groups attached to an aromatic ring is 1. The lowest BCUT2D eigenvalue weighted by Gasteiger charge is -2.34. The van der Waals surface area contributed by atoms with Gasteiger partial charge in [0.25, 0.3) is 0 Å². The van der Waals surface area contributed by atoms with Crippen molar-refractivity contribution in [2.24, 2.45) is 10.9 Å². The Morgan fingerprint density at radius 3 is 2.96 bits per heavy atom. The maximum absolute atomic E-state index is 5.96. The number of nitrogens with zero attached hydrogens (tertiary/aromatic N) is 5. The van der Waals surface area contributed by atoms with E-state index in [4.69, 9.17) is 10.5 Å². The fourth-order valence-electron chi connectivity index (χ4n) is 3.02. The van der Waals surface area contributed by atoms with Crippen LogP contribution in [0.25, 0.3) is 11.2 Å². The minimum Gasteiger partial charge on any atom is -0.491 e. The Labute approximate surface area is 139 Å². The molecule has 4 N–H and O–H groups in total. The van der Waals surface area contributed by atoms with Crippen LogP contribution in [0.4, 0.5) is 5.82 Å². The van der Waals surface area contributed by atoms with E-state index >= 15 is 0 Å². The predicted molar refractivity (Wildman–Crippen MR) is 90.5 cm³/mol. The van der Waals surface area contributed by atoms with E-state index in [0.717, 1.165) is 38.4 Å². The summed E-state index contributed by atoms with van der Waals surface area (Å²) in [5, 5.41) is 13.8. The Kier molecular flexibility index (Phi) is 3.89. The minimum absolute atomic E-state index is 0.385. The fraction of sp³-hybridized carbons (Fsp3) is 0.467. The summed E-state index contributed by atoms with van der Waals surface area (Å²) < 4.78 is 5.96. The normalized spacial score (nSPS) is 18.5. The molecule has 0 atom stereocenters. The van der Waals surface area contributed by atoms with E-state index in [-0.39, 0.29) is 0 Å².